The summed E-state index contributed by atoms with van der Waals surface area (Å²) in [5.74, 6) is 0. The van der Waals surface area contributed by atoms with Crippen molar-refractivity contribution in [3.8, 4) is 0 Å². The van der Waals surface area contributed by atoms with Gasteiger partial charge in [-0.25, -0.2) is 0 Å². The Morgan fingerprint density at radius 2 is 2.06 bits per heavy atom. The summed E-state index contributed by atoms with van der Waals surface area (Å²) in [6.45, 7) is 1.34. The first-order valence-electron chi connectivity index (χ1n) is 5.88. The summed E-state index contributed by atoms with van der Waals surface area (Å²) in [5, 5.41) is 24.0. The molecule has 1 saturated heterocycles. The molecule has 2 rings (SSSR count). The Kier molecular flexibility index (Phi) is 3.78. The number of benzene rings is 1. The van der Waals surface area contributed by atoms with E-state index in [0.717, 1.165) is 0 Å². The van der Waals surface area contributed by atoms with Crippen molar-refractivity contribution >= 4 is 11.4 Å². The molecule has 6 heteroatoms. The number of rotatable bonds is 4. The van der Waals surface area contributed by atoms with Crippen molar-refractivity contribution in [2.24, 2.45) is 0 Å². The number of nitro groups is 1. The molecule has 1 heterocycles. The van der Waals surface area contributed by atoms with Crippen molar-refractivity contribution in [1.82, 2.24) is 0 Å². The number of anilines is 1. The second-order valence-corrected chi connectivity index (χ2v) is 4.46. The van der Waals surface area contributed by atoms with Gasteiger partial charge in [0.1, 0.15) is 5.69 Å². The Morgan fingerprint density at radius 3 is 2.72 bits per heavy atom. The fourth-order valence-electron chi connectivity index (χ4n) is 1.97. The first-order chi connectivity index (χ1) is 8.61. The maximum absolute atomic E-state index is 10.8. The van der Waals surface area contributed by atoms with Gasteiger partial charge in [-0.15, -0.1) is 0 Å². The molecule has 98 valence electrons. The molecule has 0 unspecified atom stereocenters. The van der Waals surface area contributed by atoms with Gasteiger partial charge in [-0.3, -0.25) is 10.1 Å². The van der Waals surface area contributed by atoms with Gasteiger partial charge in [0.05, 0.1) is 10.5 Å². The summed E-state index contributed by atoms with van der Waals surface area (Å²) >= 11 is 0. The molecule has 0 atom stereocenters. The molecule has 0 aromatic heterocycles. The lowest BCUT2D eigenvalue weighted by Crippen LogP contribution is -2.42. The van der Waals surface area contributed by atoms with Crippen molar-refractivity contribution < 1.29 is 14.8 Å². The molecule has 0 spiro atoms. The average Bonchev–Trinajstić information content (AvgIpc) is 2.38. The standard InChI is InChI=1S/C12H16N2O4/c15-12(5-7-18-8-6-12)9-13-10-3-1-2-4-11(10)14(16)17/h1-4,13,15H,5-9H2. The van der Waals surface area contributed by atoms with Crippen LogP contribution in [0.5, 0.6) is 0 Å². The predicted octanol–water partition coefficient (Wildman–Crippen LogP) is 1.55. The normalized spacial score (nSPS) is 18.3. The third-order valence-electron chi connectivity index (χ3n) is 3.13. The SMILES string of the molecule is O=[N+]([O-])c1ccccc1NCC1(O)CCOCC1. The number of nitrogens with one attached hydrogen (secondary N) is 1. The number of nitrogens with zero attached hydrogens (tertiary/aromatic N) is 1. The van der Waals surface area contributed by atoms with E-state index >= 15 is 0 Å². The minimum absolute atomic E-state index is 0.0214. The summed E-state index contributed by atoms with van der Waals surface area (Å²) in [4.78, 5) is 10.4. The van der Waals surface area contributed by atoms with Crippen LogP contribution in [0.1, 0.15) is 12.8 Å². The zero-order valence-electron chi connectivity index (χ0n) is 9.96. The van der Waals surface area contributed by atoms with Crippen LogP contribution in [-0.2, 0) is 4.74 Å². The van der Waals surface area contributed by atoms with Gasteiger partial charge in [0.15, 0.2) is 0 Å². The van der Waals surface area contributed by atoms with Gasteiger partial charge in [-0.2, -0.15) is 0 Å². The molecule has 0 aliphatic carbocycles. The quantitative estimate of drug-likeness (QED) is 0.627. The molecular formula is C12H16N2O4. The van der Waals surface area contributed by atoms with Gasteiger partial charge in [-0.1, -0.05) is 12.1 Å². The van der Waals surface area contributed by atoms with E-state index < -0.39 is 10.5 Å². The molecule has 1 aliphatic rings. The molecule has 1 aromatic rings. The second kappa shape index (κ2) is 5.32. The van der Waals surface area contributed by atoms with E-state index in [0.29, 0.717) is 38.3 Å². The number of nitro benzene ring substituents is 1. The topological polar surface area (TPSA) is 84.6 Å². The Morgan fingerprint density at radius 1 is 1.39 bits per heavy atom. The highest BCUT2D eigenvalue weighted by Gasteiger charge is 2.30. The minimum Gasteiger partial charge on any atom is -0.388 e. The zero-order chi connectivity index (χ0) is 13.0. The number of para-hydroxylation sites is 2. The smallest absolute Gasteiger partial charge is 0.292 e. The van der Waals surface area contributed by atoms with Crippen molar-refractivity contribution in [3.63, 3.8) is 0 Å². The van der Waals surface area contributed by atoms with Gasteiger partial charge in [0.2, 0.25) is 0 Å². The summed E-state index contributed by atoms with van der Waals surface area (Å²) in [7, 11) is 0. The van der Waals surface area contributed by atoms with Gasteiger partial charge in [-0.05, 0) is 6.07 Å². The molecule has 2 N–H and O–H groups in total. The summed E-state index contributed by atoms with van der Waals surface area (Å²) in [5.41, 5.74) is -0.391. The first-order valence-corrected chi connectivity index (χ1v) is 5.88. The number of hydrogen-bond donors (Lipinski definition) is 2. The number of aliphatic hydroxyl groups is 1. The minimum atomic E-state index is -0.845. The Hall–Kier alpha value is -1.66. The zero-order valence-corrected chi connectivity index (χ0v) is 9.96. The van der Waals surface area contributed by atoms with Crippen LogP contribution in [0.15, 0.2) is 24.3 Å². The second-order valence-electron chi connectivity index (χ2n) is 4.46. The number of hydrogen-bond acceptors (Lipinski definition) is 5. The van der Waals surface area contributed by atoms with E-state index in [9.17, 15) is 15.2 Å². The molecule has 0 bridgehead atoms. The lowest BCUT2D eigenvalue weighted by atomic mass is 9.94. The molecular weight excluding hydrogens is 236 g/mol. The predicted molar refractivity (Wildman–Crippen MR) is 66.6 cm³/mol. The molecule has 1 aliphatic heterocycles. The van der Waals surface area contributed by atoms with Crippen molar-refractivity contribution in [3.05, 3.63) is 34.4 Å². The van der Waals surface area contributed by atoms with E-state index in [1.54, 1.807) is 18.2 Å². The van der Waals surface area contributed by atoms with Crippen LogP contribution in [0.3, 0.4) is 0 Å². The fourth-order valence-corrected chi connectivity index (χ4v) is 1.97. The van der Waals surface area contributed by atoms with Gasteiger partial charge in [0.25, 0.3) is 5.69 Å². The van der Waals surface area contributed by atoms with E-state index in [1.807, 2.05) is 0 Å². The molecule has 1 fully saturated rings. The lowest BCUT2D eigenvalue weighted by Gasteiger charge is -2.32. The van der Waals surface area contributed by atoms with Crippen LogP contribution in [0.4, 0.5) is 11.4 Å². The summed E-state index contributed by atoms with van der Waals surface area (Å²) in [6.07, 6.45) is 1.08. The first kappa shape index (κ1) is 12.8. The van der Waals surface area contributed by atoms with Crippen LogP contribution in [-0.4, -0.2) is 35.4 Å². The van der Waals surface area contributed by atoms with E-state index in [-0.39, 0.29) is 5.69 Å². The molecule has 0 saturated carbocycles. The lowest BCUT2D eigenvalue weighted by molar-refractivity contribution is -0.384. The van der Waals surface area contributed by atoms with Crippen LogP contribution in [0.25, 0.3) is 0 Å². The highest BCUT2D eigenvalue weighted by atomic mass is 16.6. The van der Waals surface area contributed by atoms with Crippen molar-refractivity contribution in [2.75, 3.05) is 25.1 Å². The molecule has 1 aromatic carbocycles. The molecule has 18 heavy (non-hydrogen) atoms. The maximum atomic E-state index is 10.8. The van der Waals surface area contributed by atoms with Crippen LogP contribution in [0, 0.1) is 10.1 Å². The fraction of sp³-hybridized carbons (Fsp3) is 0.500. The third-order valence-corrected chi connectivity index (χ3v) is 3.13. The molecule has 0 amide bonds. The average molecular weight is 252 g/mol. The highest BCUT2D eigenvalue weighted by Crippen LogP contribution is 2.26. The molecule has 0 radical (unpaired) electrons. The Bertz CT molecular complexity index is 430. The van der Waals surface area contributed by atoms with Crippen LogP contribution in [0.2, 0.25) is 0 Å². The maximum Gasteiger partial charge on any atom is 0.292 e. The van der Waals surface area contributed by atoms with Crippen LogP contribution < -0.4 is 5.32 Å². The summed E-state index contributed by atoms with van der Waals surface area (Å²) < 4.78 is 5.18. The van der Waals surface area contributed by atoms with Gasteiger partial charge >= 0.3 is 0 Å². The van der Waals surface area contributed by atoms with Crippen molar-refractivity contribution in [1.29, 1.82) is 0 Å². The summed E-state index contributed by atoms with van der Waals surface area (Å²) in [6, 6.07) is 6.42. The number of ether oxygens (including phenoxy) is 1. The highest BCUT2D eigenvalue weighted by molar-refractivity contribution is 5.61. The molecule has 6 nitrogen and oxygen atoms in total. The van der Waals surface area contributed by atoms with E-state index in [1.165, 1.54) is 6.07 Å². The van der Waals surface area contributed by atoms with E-state index in [4.69, 9.17) is 4.74 Å². The van der Waals surface area contributed by atoms with Gasteiger partial charge < -0.3 is 15.2 Å². The monoisotopic (exact) mass is 252 g/mol. The Balaban J connectivity index is 2.03. The van der Waals surface area contributed by atoms with Crippen molar-refractivity contribution in [2.45, 2.75) is 18.4 Å². The van der Waals surface area contributed by atoms with E-state index in [2.05, 4.69) is 5.32 Å². The third kappa shape index (κ3) is 2.96. The Labute approximate surface area is 105 Å². The largest absolute Gasteiger partial charge is 0.388 e. The van der Waals surface area contributed by atoms with Gasteiger partial charge in [0, 0.05) is 38.7 Å². The van der Waals surface area contributed by atoms with Crippen LogP contribution >= 0.6 is 0 Å².